The van der Waals surface area contributed by atoms with Crippen LogP contribution in [-0.2, 0) is 16.4 Å². The zero-order valence-electron chi connectivity index (χ0n) is 14.1. The molecule has 1 N–H and O–H groups in total. The molecule has 126 valence electrons. The summed E-state index contributed by atoms with van der Waals surface area (Å²) in [5.74, 6) is 0.801. The van der Waals surface area contributed by atoms with Gasteiger partial charge in [-0.15, -0.1) is 0 Å². The molecule has 0 spiro atoms. The molecule has 0 saturated carbocycles. The third kappa shape index (κ3) is 5.61. The van der Waals surface area contributed by atoms with Gasteiger partial charge in [0.25, 0.3) is 0 Å². The highest BCUT2D eigenvalue weighted by Gasteiger charge is 2.28. The van der Waals surface area contributed by atoms with Crippen molar-refractivity contribution in [1.29, 1.82) is 0 Å². The molecule has 0 fully saturated rings. The van der Waals surface area contributed by atoms with Crippen molar-refractivity contribution in [2.75, 3.05) is 25.9 Å². The number of aliphatic imine (C=N–C) groups is 1. The molecule has 0 amide bonds. The van der Waals surface area contributed by atoms with E-state index in [-0.39, 0.29) is 12.3 Å². The molecular weight excluding hydrogens is 318 g/mol. The third-order valence-electron chi connectivity index (χ3n) is 3.25. The van der Waals surface area contributed by atoms with Crippen LogP contribution in [0.3, 0.4) is 0 Å². The number of guanidine groups is 1. The number of sulfone groups is 1. The topological polar surface area (TPSA) is 61.8 Å². The Hall–Kier alpha value is -1.08. The molecule has 1 heterocycles. The summed E-state index contributed by atoms with van der Waals surface area (Å²) in [6.45, 7) is 8.94. The fourth-order valence-corrected chi connectivity index (χ4v) is 3.38. The lowest BCUT2D eigenvalue weighted by atomic mass is 10.3. The van der Waals surface area contributed by atoms with Crippen LogP contribution in [0.25, 0.3) is 0 Å². The molecule has 0 saturated heterocycles. The van der Waals surface area contributed by atoms with E-state index < -0.39 is 14.6 Å². The van der Waals surface area contributed by atoms with Crippen molar-refractivity contribution in [2.24, 2.45) is 4.99 Å². The van der Waals surface area contributed by atoms with Crippen LogP contribution in [0.2, 0.25) is 0 Å². The first-order chi connectivity index (χ1) is 10.2. The molecular formula is C15H27N3O2S2. The minimum absolute atomic E-state index is 0.0671. The summed E-state index contributed by atoms with van der Waals surface area (Å²) in [5, 5.41) is 7.35. The van der Waals surface area contributed by atoms with Crippen molar-refractivity contribution in [3.63, 3.8) is 0 Å². The summed E-state index contributed by atoms with van der Waals surface area (Å²) in [7, 11) is -1.18. The van der Waals surface area contributed by atoms with Crippen LogP contribution in [0, 0.1) is 0 Å². The van der Waals surface area contributed by atoms with Gasteiger partial charge in [0.15, 0.2) is 15.8 Å². The first-order valence-corrected chi connectivity index (χ1v) is 9.99. The van der Waals surface area contributed by atoms with Crippen molar-refractivity contribution in [1.82, 2.24) is 10.2 Å². The van der Waals surface area contributed by atoms with Crippen LogP contribution in [0.4, 0.5) is 0 Å². The van der Waals surface area contributed by atoms with Crippen LogP contribution in [0.15, 0.2) is 21.8 Å². The van der Waals surface area contributed by atoms with E-state index in [0.717, 1.165) is 19.0 Å². The first kappa shape index (κ1) is 19.0. The molecule has 0 aliphatic carbocycles. The highest BCUT2D eigenvalue weighted by Crippen LogP contribution is 2.15. The Morgan fingerprint density at radius 1 is 1.41 bits per heavy atom. The minimum Gasteiger partial charge on any atom is -0.357 e. The predicted molar refractivity (Wildman–Crippen MR) is 95.3 cm³/mol. The fourth-order valence-electron chi connectivity index (χ4n) is 1.78. The zero-order chi connectivity index (χ0) is 16.8. The van der Waals surface area contributed by atoms with Gasteiger partial charge in [-0.05, 0) is 50.1 Å². The van der Waals surface area contributed by atoms with Crippen LogP contribution in [0.1, 0.15) is 33.3 Å². The van der Waals surface area contributed by atoms with E-state index in [9.17, 15) is 8.42 Å². The highest BCUT2D eigenvalue weighted by molar-refractivity contribution is 7.92. The number of hydrogen-bond donors (Lipinski definition) is 1. The Morgan fingerprint density at radius 3 is 2.59 bits per heavy atom. The second-order valence-electron chi connectivity index (χ2n) is 6.15. The van der Waals surface area contributed by atoms with Gasteiger partial charge in [0.2, 0.25) is 0 Å². The van der Waals surface area contributed by atoms with E-state index in [0.29, 0.717) is 0 Å². The van der Waals surface area contributed by atoms with E-state index in [1.54, 1.807) is 32.1 Å². The average Bonchev–Trinajstić information content (AvgIpc) is 2.89. The molecule has 22 heavy (non-hydrogen) atoms. The van der Waals surface area contributed by atoms with Crippen molar-refractivity contribution < 1.29 is 8.42 Å². The maximum Gasteiger partial charge on any atom is 0.193 e. The van der Waals surface area contributed by atoms with Crippen LogP contribution < -0.4 is 5.32 Å². The largest absolute Gasteiger partial charge is 0.357 e. The van der Waals surface area contributed by atoms with E-state index in [1.807, 2.05) is 24.3 Å². The average molecular weight is 346 g/mol. The summed E-state index contributed by atoms with van der Waals surface area (Å²) in [5.41, 5.74) is 1.22. The monoisotopic (exact) mass is 345 g/mol. The summed E-state index contributed by atoms with van der Waals surface area (Å²) in [6, 6.07) is 2.08. The molecule has 1 aromatic heterocycles. The molecule has 0 atom stereocenters. The van der Waals surface area contributed by atoms with E-state index in [1.165, 1.54) is 5.56 Å². The predicted octanol–water partition coefficient (Wildman–Crippen LogP) is 2.36. The Balaban J connectivity index is 2.70. The summed E-state index contributed by atoms with van der Waals surface area (Å²) in [4.78, 5) is 6.46. The molecule has 1 rings (SSSR count). The normalized spacial score (nSPS) is 13.2. The lowest BCUT2D eigenvalue weighted by molar-refractivity contribution is 0.478. The SMILES string of the molecule is CCNC(=NCCS(=O)(=O)C(C)(C)C)N(C)Cc1ccsc1. The van der Waals surface area contributed by atoms with Gasteiger partial charge in [-0.2, -0.15) is 11.3 Å². The number of nitrogens with one attached hydrogen (secondary N) is 1. The molecule has 0 unspecified atom stereocenters. The van der Waals surface area contributed by atoms with Crippen molar-refractivity contribution in [3.05, 3.63) is 22.4 Å². The number of thiophene rings is 1. The second kappa shape index (κ2) is 7.97. The lowest BCUT2D eigenvalue weighted by Gasteiger charge is -2.22. The first-order valence-electron chi connectivity index (χ1n) is 7.40. The number of hydrogen-bond acceptors (Lipinski definition) is 4. The Bertz CT molecular complexity index is 572. The third-order valence-corrected chi connectivity index (χ3v) is 6.57. The molecule has 1 aromatic rings. The van der Waals surface area contributed by atoms with E-state index in [4.69, 9.17) is 0 Å². The zero-order valence-corrected chi connectivity index (χ0v) is 15.7. The van der Waals surface area contributed by atoms with Crippen LogP contribution >= 0.6 is 11.3 Å². The molecule has 5 nitrogen and oxygen atoms in total. The van der Waals surface area contributed by atoms with Gasteiger partial charge in [-0.1, -0.05) is 0 Å². The molecule has 0 aliphatic rings. The Kier molecular flexibility index (Phi) is 6.87. The second-order valence-corrected chi connectivity index (χ2v) is 9.80. The summed E-state index contributed by atoms with van der Waals surface area (Å²) < 4.78 is 23.5. The van der Waals surface area contributed by atoms with Crippen LogP contribution in [-0.4, -0.2) is 49.9 Å². The van der Waals surface area contributed by atoms with Crippen molar-refractivity contribution in [3.8, 4) is 0 Å². The van der Waals surface area contributed by atoms with Gasteiger partial charge in [-0.25, -0.2) is 8.42 Å². The summed E-state index contributed by atoms with van der Waals surface area (Å²) >= 11 is 1.66. The van der Waals surface area contributed by atoms with Gasteiger partial charge >= 0.3 is 0 Å². The van der Waals surface area contributed by atoms with Crippen molar-refractivity contribution in [2.45, 2.75) is 39.0 Å². The maximum absolute atomic E-state index is 12.1. The van der Waals surface area contributed by atoms with Crippen molar-refractivity contribution >= 4 is 27.1 Å². The Labute approximate surface area is 138 Å². The standard InChI is InChI=1S/C15H27N3O2S2/c1-6-16-14(18(5)11-13-7-9-21-12-13)17-8-10-22(19,20)15(2,3)4/h7,9,12H,6,8,10-11H2,1-5H3,(H,16,17). The lowest BCUT2D eigenvalue weighted by Crippen LogP contribution is -2.39. The highest BCUT2D eigenvalue weighted by atomic mass is 32.2. The van der Waals surface area contributed by atoms with Gasteiger partial charge in [-0.3, -0.25) is 4.99 Å². The number of nitrogens with zero attached hydrogens (tertiary/aromatic N) is 2. The molecule has 7 heteroatoms. The fraction of sp³-hybridized carbons (Fsp3) is 0.667. The smallest absolute Gasteiger partial charge is 0.193 e. The van der Waals surface area contributed by atoms with Crippen LogP contribution in [0.5, 0.6) is 0 Å². The Morgan fingerprint density at radius 2 is 2.09 bits per heavy atom. The molecule has 0 bridgehead atoms. The number of rotatable bonds is 6. The van der Waals surface area contributed by atoms with Gasteiger partial charge < -0.3 is 10.2 Å². The minimum atomic E-state index is -3.14. The van der Waals surface area contributed by atoms with E-state index >= 15 is 0 Å². The van der Waals surface area contributed by atoms with Gasteiger partial charge in [0.05, 0.1) is 17.0 Å². The van der Waals surface area contributed by atoms with Gasteiger partial charge in [0, 0.05) is 20.1 Å². The molecule has 0 aliphatic heterocycles. The maximum atomic E-state index is 12.1. The quantitative estimate of drug-likeness (QED) is 0.635. The van der Waals surface area contributed by atoms with Gasteiger partial charge in [0.1, 0.15) is 0 Å². The summed E-state index contributed by atoms with van der Waals surface area (Å²) in [6.07, 6.45) is 0. The van der Waals surface area contributed by atoms with E-state index in [2.05, 4.69) is 21.8 Å². The molecule has 0 radical (unpaired) electrons. The molecule has 0 aromatic carbocycles.